The number of benzene rings is 1. The molecule has 3 heteroatoms. The van der Waals surface area contributed by atoms with Crippen molar-refractivity contribution in [1.82, 2.24) is 10.2 Å². The van der Waals surface area contributed by atoms with E-state index in [2.05, 4.69) is 5.32 Å². The zero-order valence-corrected chi connectivity index (χ0v) is 11.1. The number of piperidine rings is 1. The molecule has 0 saturated carbocycles. The van der Waals surface area contributed by atoms with Crippen LogP contribution in [0.4, 0.5) is 0 Å². The zero-order valence-electron chi connectivity index (χ0n) is 11.1. The van der Waals surface area contributed by atoms with E-state index < -0.39 is 0 Å². The Bertz CT molecular complexity index is 371. The van der Waals surface area contributed by atoms with Gasteiger partial charge in [-0.2, -0.15) is 0 Å². The minimum atomic E-state index is 0.117. The molecule has 0 spiro atoms. The maximum Gasteiger partial charge on any atom is 0.253 e. The summed E-state index contributed by atoms with van der Waals surface area (Å²) < 4.78 is 0. The van der Waals surface area contributed by atoms with Gasteiger partial charge in [0.2, 0.25) is 0 Å². The van der Waals surface area contributed by atoms with Crippen molar-refractivity contribution in [3.05, 3.63) is 35.9 Å². The van der Waals surface area contributed by atoms with Crippen LogP contribution in [-0.2, 0) is 0 Å². The first-order chi connectivity index (χ1) is 8.77. The summed E-state index contributed by atoms with van der Waals surface area (Å²) in [5, 5.41) is 3.52. The summed E-state index contributed by atoms with van der Waals surface area (Å²) in [6.45, 7) is 1.95. The molecule has 0 bridgehead atoms. The highest BCUT2D eigenvalue weighted by atomic mass is 16.2. The van der Waals surface area contributed by atoms with E-state index in [9.17, 15) is 4.79 Å². The van der Waals surface area contributed by atoms with E-state index in [0.29, 0.717) is 6.04 Å². The van der Waals surface area contributed by atoms with Gasteiger partial charge in [0, 0.05) is 25.2 Å². The van der Waals surface area contributed by atoms with Crippen LogP contribution < -0.4 is 5.32 Å². The van der Waals surface area contributed by atoms with Crippen LogP contribution in [0, 0.1) is 0 Å². The van der Waals surface area contributed by atoms with Crippen LogP contribution in [0.25, 0.3) is 0 Å². The molecule has 1 saturated heterocycles. The zero-order chi connectivity index (χ0) is 12.8. The molecule has 1 heterocycles. The third-order valence-electron chi connectivity index (χ3n) is 3.59. The van der Waals surface area contributed by atoms with E-state index in [4.69, 9.17) is 0 Å². The van der Waals surface area contributed by atoms with Gasteiger partial charge in [-0.15, -0.1) is 0 Å². The Balaban J connectivity index is 1.80. The van der Waals surface area contributed by atoms with Crippen LogP contribution in [0.2, 0.25) is 0 Å². The molecule has 1 aliphatic rings. The fourth-order valence-corrected chi connectivity index (χ4v) is 2.42. The quantitative estimate of drug-likeness (QED) is 0.884. The molecule has 2 rings (SSSR count). The van der Waals surface area contributed by atoms with Crippen molar-refractivity contribution in [2.75, 3.05) is 20.1 Å². The minimum absolute atomic E-state index is 0.117. The molecule has 1 N–H and O–H groups in total. The van der Waals surface area contributed by atoms with E-state index >= 15 is 0 Å². The van der Waals surface area contributed by atoms with Crippen LogP contribution in [-0.4, -0.2) is 37.0 Å². The highest BCUT2D eigenvalue weighted by molar-refractivity contribution is 5.93. The Morgan fingerprint density at radius 2 is 2.11 bits per heavy atom. The van der Waals surface area contributed by atoms with Gasteiger partial charge >= 0.3 is 0 Å². The van der Waals surface area contributed by atoms with E-state index in [1.54, 1.807) is 0 Å². The first kappa shape index (κ1) is 13.1. The molecule has 1 fully saturated rings. The summed E-state index contributed by atoms with van der Waals surface area (Å²) in [4.78, 5) is 13.9. The normalized spacial score (nSPS) is 19.5. The second-order valence-electron chi connectivity index (χ2n) is 5.03. The van der Waals surface area contributed by atoms with Gasteiger partial charge in [-0.1, -0.05) is 24.6 Å². The van der Waals surface area contributed by atoms with Crippen LogP contribution in [0.3, 0.4) is 0 Å². The van der Waals surface area contributed by atoms with Crippen molar-refractivity contribution in [3.8, 4) is 0 Å². The number of hydrogen-bond donors (Lipinski definition) is 1. The molecule has 0 aromatic heterocycles. The summed E-state index contributed by atoms with van der Waals surface area (Å²) >= 11 is 0. The molecule has 1 aromatic rings. The second-order valence-corrected chi connectivity index (χ2v) is 5.03. The van der Waals surface area contributed by atoms with Crippen LogP contribution in [0.5, 0.6) is 0 Å². The summed E-state index contributed by atoms with van der Waals surface area (Å²) in [5.74, 6) is 0.117. The van der Waals surface area contributed by atoms with Gasteiger partial charge in [0.1, 0.15) is 0 Å². The summed E-state index contributed by atoms with van der Waals surface area (Å²) in [5.41, 5.74) is 0.775. The lowest BCUT2D eigenvalue weighted by molar-refractivity contribution is 0.0788. The average Bonchev–Trinajstić information content (AvgIpc) is 2.46. The Kier molecular flexibility index (Phi) is 4.76. The lowest BCUT2D eigenvalue weighted by Gasteiger charge is -2.26. The highest BCUT2D eigenvalue weighted by Gasteiger charge is 2.15. The fourth-order valence-electron chi connectivity index (χ4n) is 2.42. The van der Waals surface area contributed by atoms with E-state index in [-0.39, 0.29) is 5.91 Å². The number of nitrogens with one attached hydrogen (secondary N) is 1. The van der Waals surface area contributed by atoms with Crippen molar-refractivity contribution < 1.29 is 4.79 Å². The topological polar surface area (TPSA) is 32.3 Å². The van der Waals surface area contributed by atoms with Gasteiger partial charge in [-0.3, -0.25) is 4.79 Å². The molecular formula is C15H22N2O. The van der Waals surface area contributed by atoms with Crippen molar-refractivity contribution in [2.45, 2.75) is 31.7 Å². The number of carbonyl (C=O) groups is 1. The molecule has 1 atom stereocenters. The average molecular weight is 246 g/mol. The predicted molar refractivity (Wildman–Crippen MR) is 73.7 cm³/mol. The van der Waals surface area contributed by atoms with E-state index in [1.807, 2.05) is 42.3 Å². The Morgan fingerprint density at radius 3 is 2.78 bits per heavy atom. The lowest BCUT2D eigenvalue weighted by atomic mass is 10.0. The van der Waals surface area contributed by atoms with E-state index in [1.165, 1.54) is 19.3 Å². The number of nitrogens with zero attached hydrogens (tertiary/aromatic N) is 1. The number of hydrogen-bond acceptors (Lipinski definition) is 2. The molecule has 1 aliphatic heterocycles. The van der Waals surface area contributed by atoms with E-state index in [0.717, 1.165) is 25.1 Å². The van der Waals surface area contributed by atoms with Gasteiger partial charge in [-0.25, -0.2) is 0 Å². The lowest BCUT2D eigenvalue weighted by Crippen LogP contribution is -2.38. The largest absolute Gasteiger partial charge is 0.342 e. The molecule has 18 heavy (non-hydrogen) atoms. The second kappa shape index (κ2) is 6.55. The van der Waals surface area contributed by atoms with Crippen LogP contribution in [0.1, 0.15) is 36.0 Å². The standard InChI is InChI=1S/C15H22N2O/c1-17(12-10-14-9-5-6-11-16-14)15(18)13-7-3-2-4-8-13/h2-4,7-8,14,16H,5-6,9-12H2,1H3. The molecule has 3 nitrogen and oxygen atoms in total. The first-order valence-electron chi connectivity index (χ1n) is 6.81. The number of rotatable bonds is 4. The monoisotopic (exact) mass is 246 g/mol. The van der Waals surface area contributed by atoms with Crippen molar-refractivity contribution in [2.24, 2.45) is 0 Å². The smallest absolute Gasteiger partial charge is 0.253 e. The molecule has 1 aromatic carbocycles. The Morgan fingerprint density at radius 1 is 1.33 bits per heavy atom. The minimum Gasteiger partial charge on any atom is -0.342 e. The summed E-state index contributed by atoms with van der Waals surface area (Å²) in [7, 11) is 1.89. The Labute approximate surface area is 109 Å². The van der Waals surface area contributed by atoms with Gasteiger partial charge in [-0.05, 0) is 37.9 Å². The maximum atomic E-state index is 12.1. The molecule has 0 radical (unpaired) electrons. The first-order valence-corrected chi connectivity index (χ1v) is 6.81. The number of carbonyl (C=O) groups excluding carboxylic acids is 1. The van der Waals surface area contributed by atoms with Gasteiger partial charge in [0.15, 0.2) is 0 Å². The van der Waals surface area contributed by atoms with Crippen molar-refractivity contribution in [1.29, 1.82) is 0 Å². The molecule has 0 aliphatic carbocycles. The number of amides is 1. The molecule has 98 valence electrons. The summed E-state index contributed by atoms with van der Waals surface area (Å²) in [6.07, 6.45) is 4.89. The van der Waals surface area contributed by atoms with Crippen molar-refractivity contribution in [3.63, 3.8) is 0 Å². The van der Waals surface area contributed by atoms with Crippen molar-refractivity contribution >= 4 is 5.91 Å². The van der Waals surface area contributed by atoms with Gasteiger partial charge in [0.05, 0.1) is 0 Å². The molecule has 1 unspecified atom stereocenters. The summed E-state index contributed by atoms with van der Waals surface area (Å²) in [6, 6.07) is 10.1. The van der Waals surface area contributed by atoms with Crippen LogP contribution in [0.15, 0.2) is 30.3 Å². The maximum absolute atomic E-state index is 12.1. The Hall–Kier alpha value is -1.35. The molecular weight excluding hydrogens is 224 g/mol. The third kappa shape index (κ3) is 3.57. The van der Waals surface area contributed by atoms with Gasteiger partial charge < -0.3 is 10.2 Å². The van der Waals surface area contributed by atoms with Gasteiger partial charge in [0.25, 0.3) is 5.91 Å². The third-order valence-corrected chi connectivity index (χ3v) is 3.59. The SMILES string of the molecule is CN(CCC1CCCCN1)C(=O)c1ccccc1. The highest BCUT2D eigenvalue weighted by Crippen LogP contribution is 2.11. The predicted octanol–water partition coefficient (Wildman–Crippen LogP) is 2.29. The molecule has 1 amide bonds. The fraction of sp³-hybridized carbons (Fsp3) is 0.533. The van der Waals surface area contributed by atoms with Crippen LogP contribution >= 0.6 is 0 Å².